The van der Waals surface area contributed by atoms with Crippen LogP contribution >= 0.6 is 11.8 Å². The van der Waals surface area contributed by atoms with Crippen LogP contribution in [0.1, 0.15) is 11.1 Å². The fourth-order valence-electron chi connectivity index (χ4n) is 3.46. The molecule has 148 valence electrons. The second-order valence-electron chi connectivity index (χ2n) is 7.07. The maximum Gasteiger partial charge on any atom is 0.326 e. The van der Waals surface area contributed by atoms with E-state index in [-0.39, 0.29) is 6.03 Å². The summed E-state index contributed by atoms with van der Waals surface area (Å²) in [4.78, 5) is 22.7. The molecule has 6 heteroatoms. The summed E-state index contributed by atoms with van der Waals surface area (Å²) in [7, 11) is 0. The topological polar surface area (TPSA) is 48.5 Å². The SMILES string of the molecule is CSc1cccc(NC(=O)N2CCN(Cc3ccc(C)cc3)c3ncccc32)c1. The fraction of sp³-hybridized carbons (Fsp3) is 0.217. The van der Waals surface area contributed by atoms with Crippen LogP contribution in [0.5, 0.6) is 0 Å². The maximum atomic E-state index is 13.0. The van der Waals surface area contributed by atoms with Gasteiger partial charge in [-0.05, 0) is 49.1 Å². The molecule has 0 spiro atoms. The van der Waals surface area contributed by atoms with E-state index in [2.05, 4.69) is 46.4 Å². The summed E-state index contributed by atoms with van der Waals surface area (Å²) in [5.74, 6) is 0.840. The van der Waals surface area contributed by atoms with Gasteiger partial charge < -0.3 is 10.2 Å². The molecular formula is C23H24N4OS. The standard InChI is InChI=1S/C23H24N4OS/c1-17-8-10-18(11-9-17)16-26-13-14-27(21-7-4-12-24-22(21)26)23(28)25-19-5-3-6-20(15-19)29-2/h3-12,15H,13-14,16H2,1-2H3,(H,25,28). The van der Waals surface area contributed by atoms with Gasteiger partial charge in [-0.15, -0.1) is 11.8 Å². The number of thioether (sulfide) groups is 1. The number of aryl methyl sites for hydroxylation is 1. The largest absolute Gasteiger partial charge is 0.349 e. The van der Waals surface area contributed by atoms with Crippen molar-refractivity contribution in [2.45, 2.75) is 18.4 Å². The number of anilines is 3. The molecule has 0 atom stereocenters. The van der Waals surface area contributed by atoms with Gasteiger partial charge in [0.1, 0.15) is 0 Å². The Labute approximate surface area is 175 Å². The van der Waals surface area contributed by atoms with Crippen molar-refractivity contribution in [1.29, 1.82) is 0 Å². The van der Waals surface area contributed by atoms with E-state index < -0.39 is 0 Å². The Kier molecular flexibility index (Phi) is 5.71. The predicted octanol–water partition coefficient (Wildman–Crippen LogP) is 5.17. The number of rotatable bonds is 4. The minimum atomic E-state index is -0.132. The Morgan fingerprint density at radius 2 is 1.93 bits per heavy atom. The van der Waals surface area contributed by atoms with Crippen LogP contribution in [0.15, 0.2) is 71.8 Å². The Hall–Kier alpha value is -2.99. The zero-order valence-electron chi connectivity index (χ0n) is 16.6. The van der Waals surface area contributed by atoms with Crippen LogP contribution in [0, 0.1) is 6.92 Å². The van der Waals surface area contributed by atoms with Crippen LogP contribution in [0.25, 0.3) is 0 Å². The van der Waals surface area contributed by atoms with E-state index >= 15 is 0 Å². The number of urea groups is 1. The zero-order chi connectivity index (χ0) is 20.2. The molecule has 0 radical (unpaired) electrons. The summed E-state index contributed by atoms with van der Waals surface area (Å²) >= 11 is 1.65. The van der Waals surface area contributed by atoms with Crippen molar-refractivity contribution in [2.24, 2.45) is 0 Å². The Bertz CT molecular complexity index is 1010. The lowest BCUT2D eigenvalue weighted by atomic mass is 10.1. The second-order valence-corrected chi connectivity index (χ2v) is 7.95. The highest BCUT2D eigenvalue weighted by atomic mass is 32.2. The average molecular weight is 405 g/mol. The smallest absolute Gasteiger partial charge is 0.326 e. The minimum Gasteiger partial charge on any atom is -0.349 e. The molecule has 5 nitrogen and oxygen atoms in total. The van der Waals surface area contributed by atoms with Gasteiger partial charge in [-0.2, -0.15) is 0 Å². The van der Waals surface area contributed by atoms with Gasteiger partial charge in [-0.3, -0.25) is 4.90 Å². The Morgan fingerprint density at radius 1 is 1.10 bits per heavy atom. The van der Waals surface area contributed by atoms with Gasteiger partial charge in [-0.25, -0.2) is 9.78 Å². The van der Waals surface area contributed by atoms with Gasteiger partial charge in [0.15, 0.2) is 5.82 Å². The molecule has 0 saturated heterocycles. The molecule has 1 N–H and O–H groups in total. The number of hydrogen-bond donors (Lipinski definition) is 1. The summed E-state index contributed by atoms with van der Waals surface area (Å²) in [5, 5.41) is 3.03. The number of nitrogens with one attached hydrogen (secondary N) is 1. The summed E-state index contributed by atoms with van der Waals surface area (Å²) in [6.45, 7) is 4.21. The quantitative estimate of drug-likeness (QED) is 0.610. The molecule has 4 rings (SSSR count). The molecular weight excluding hydrogens is 380 g/mol. The van der Waals surface area contributed by atoms with Gasteiger partial charge >= 0.3 is 6.03 Å². The number of hydrogen-bond acceptors (Lipinski definition) is 4. The van der Waals surface area contributed by atoms with Gasteiger partial charge in [0.2, 0.25) is 0 Å². The van der Waals surface area contributed by atoms with Crippen LogP contribution < -0.4 is 15.1 Å². The molecule has 29 heavy (non-hydrogen) atoms. The number of carbonyl (C=O) groups is 1. The lowest BCUT2D eigenvalue weighted by Crippen LogP contribution is -2.46. The summed E-state index contributed by atoms with van der Waals surface area (Å²) < 4.78 is 0. The van der Waals surface area contributed by atoms with Crippen molar-refractivity contribution in [3.63, 3.8) is 0 Å². The molecule has 0 fully saturated rings. The highest BCUT2D eigenvalue weighted by Gasteiger charge is 2.27. The van der Waals surface area contributed by atoms with Crippen LogP contribution in [0.4, 0.5) is 22.0 Å². The monoisotopic (exact) mass is 404 g/mol. The van der Waals surface area contributed by atoms with E-state index in [0.717, 1.165) is 35.2 Å². The van der Waals surface area contributed by atoms with Crippen molar-refractivity contribution in [1.82, 2.24) is 4.98 Å². The first-order chi connectivity index (χ1) is 14.1. The van der Waals surface area contributed by atoms with Crippen molar-refractivity contribution in [3.8, 4) is 0 Å². The van der Waals surface area contributed by atoms with Gasteiger partial charge in [-0.1, -0.05) is 35.9 Å². The van der Waals surface area contributed by atoms with Crippen LogP contribution in [0.3, 0.4) is 0 Å². The fourth-order valence-corrected chi connectivity index (χ4v) is 3.92. The van der Waals surface area contributed by atoms with E-state index in [0.29, 0.717) is 6.54 Å². The maximum absolute atomic E-state index is 13.0. The zero-order valence-corrected chi connectivity index (χ0v) is 17.4. The van der Waals surface area contributed by atoms with E-state index in [4.69, 9.17) is 0 Å². The molecule has 0 bridgehead atoms. The number of carbonyl (C=O) groups excluding carboxylic acids is 1. The third-order valence-corrected chi connectivity index (χ3v) is 5.74. The Morgan fingerprint density at radius 3 is 2.72 bits per heavy atom. The third-order valence-electron chi connectivity index (χ3n) is 5.01. The van der Waals surface area contributed by atoms with Crippen molar-refractivity contribution in [2.75, 3.05) is 34.5 Å². The molecule has 2 heterocycles. The summed E-state index contributed by atoms with van der Waals surface area (Å²) in [6.07, 6.45) is 3.81. The number of amides is 2. The number of pyridine rings is 1. The van der Waals surface area contributed by atoms with E-state index in [1.807, 2.05) is 42.7 Å². The molecule has 0 aliphatic carbocycles. The lowest BCUT2D eigenvalue weighted by Gasteiger charge is -2.36. The van der Waals surface area contributed by atoms with Crippen LogP contribution in [0.2, 0.25) is 0 Å². The van der Waals surface area contributed by atoms with Gasteiger partial charge in [0.25, 0.3) is 0 Å². The molecule has 1 aliphatic rings. The van der Waals surface area contributed by atoms with Crippen molar-refractivity contribution < 1.29 is 4.79 Å². The minimum absolute atomic E-state index is 0.132. The lowest BCUT2D eigenvalue weighted by molar-refractivity contribution is 0.256. The number of aromatic nitrogens is 1. The van der Waals surface area contributed by atoms with Gasteiger partial charge in [0, 0.05) is 36.4 Å². The van der Waals surface area contributed by atoms with Crippen LogP contribution in [-0.4, -0.2) is 30.4 Å². The Balaban J connectivity index is 1.54. The first kappa shape index (κ1) is 19.3. The molecule has 1 aliphatic heterocycles. The van der Waals surface area contributed by atoms with E-state index in [1.54, 1.807) is 22.9 Å². The van der Waals surface area contributed by atoms with Crippen molar-refractivity contribution >= 4 is 35.0 Å². The number of benzene rings is 2. The number of fused-ring (bicyclic) bond motifs is 1. The normalized spacial score (nSPS) is 13.2. The molecule has 3 aromatic rings. The highest BCUT2D eigenvalue weighted by molar-refractivity contribution is 7.98. The van der Waals surface area contributed by atoms with Crippen molar-refractivity contribution in [3.05, 3.63) is 78.0 Å². The third kappa shape index (κ3) is 4.38. The summed E-state index contributed by atoms with van der Waals surface area (Å²) in [5.41, 5.74) is 4.12. The van der Waals surface area contributed by atoms with E-state index in [1.165, 1.54) is 11.1 Å². The van der Waals surface area contributed by atoms with Crippen LogP contribution in [-0.2, 0) is 6.54 Å². The summed E-state index contributed by atoms with van der Waals surface area (Å²) in [6, 6.07) is 20.1. The molecule has 0 saturated carbocycles. The van der Waals surface area contributed by atoms with Gasteiger partial charge in [0.05, 0.1) is 5.69 Å². The first-order valence-electron chi connectivity index (χ1n) is 9.62. The first-order valence-corrected chi connectivity index (χ1v) is 10.8. The molecule has 2 amide bonds. The molecule has 2 aromatic carbocycles. The molecule has 1 aromatic heterocycles. The van der Waals surface area contributed by atoms with E-state index in [9.17, 15) is 4.79 Å². The predicted molar refractivity (Wildman–Crippen MR) is 121 cm³/mol. The average Bonchev–Trinajstić information content (AvgIpc) is 2.75. The molecule has 0 unspecified atom stereocenters. The second kappa shape index (κ2) is 8.57. The highest BCUT2D eigenvalue weighted by Crippen LogP contribution is 2.32. The number of nitrogens with zero attached hydrogens (tertiary/aromatic N) is 3.